The first kappa shape index (κ1) is 11.2. The van der Waals surface area contributed by atoms with E-state index in [4.69, 9.17) is 5.11 Å². The number of carboxylic acids is 1. The number of carboxylic acid groups (broad SMARTS) is 1. The summed E-state index contributed by atoms with van der Waals surface area (Å²) in [6.07, 6.45) is 1.41. The third kappa shape index (κ3) is 4.21. The summed E-state index contributed by atoms with van der Waals surface area (Å²) >= 11 is 0. The summed E-state index contributed by atoms with van der Waals surface area (Å²) in [7, 11) is 0. The van der Waals surface area contributed by atoms with Crippen LogP contribution in [0.25, 0.3) is 0 Å². The van der Waals surface area contributed by atoms with E-state index >= 15 is 0 Å². The van der Waals surface area contributed by atoms with Crippen LogP contribution < -0.4 is 5.32 Å². The normalized spacial score (nSPS) is 9.67. The molecule has 0 aliphatic rings. The molecule has 0 saturated carbocycles. The molecule has 0 saturated heterocycles. The molecule has 15 heavy (non-hydrogen) atoms. The van der Waals surface area contributed by atoms with Crippen molar-refractivity contribution >= 4 is 17.6 Å². The lowest BCUT2D eigenvalue weighted by Gasteiger charge is -2.04. The predicted molar refractivity (Wildman–Crippen MR) is 54.5 cm³/mol. The van der Waals surface area contributed by atoms with Crippen molar-refractivity contribution < 1.29 is 14.7 Å². The van der Waals surface area contributed by atoms with E-state index in [1.54, 1.807) is 18.3 Å². The summed E-state index contributed by atoms with van der Waals surface area (Å²) in [6, 6.07) is 3.38. The highest BCUT2D eigenvalue weighted by molar-refractivity contribution is 5.92. The van der Waals surface area contributed by atoms with Crippen LogP contribution in [0.2, 0.25) is 0 Å². The molecule has 0 bridgehead atoms. The number of nitrogens with one attached hydrogen (secondary N) is 1. The van der Waals surface area contributed by atoms with E-state index in [0.717, 1.165) is 5.69 Å². The van der Waals surface area contributed by atoms with E-state index in [-0.39, 0.29) is 18.7 Å². The summed E-state index contributed by atoms with van der Waals surface area (Å²) in [5.74, 6) is -1.28. The van der Waals surface area contributed by atoms with E-state index in [0.29, 0.717) is 5.69 Å². The van der Waals surface area contributed by atoms with Gasteiger partial charge in [0.2, 0.25) is 5.91 Å². The zero-order valence-corrected chi connectivity index (χ0v) is 8.36. The summed E-state index contributed by atoms with van der Waals surface area (Å²) in [6.45, 7) is 1.81. The SMILES string of the molecule is Cc1cc(NC(=O)CCC(=O)O)ccn1. The van der Waals surface area contributed by atoms with Gasteiger partial charge in [0.15, 0.2) is 0 Å². The van der Waals surface area contributed by atoms with E-state index in [2.05, 4.69) is 10.3 Å². The van der Waals surface area contributed by atoms with E-state index in [1.165, 1.54) is 0 Å². The van der Waals surface area contributed by atoms with Crippen LogP contribution in [-0.4, -0.2) is 22.0 Å². The van der Waals surface area contributed by atoms with Crippen LogP contribution in [0.5, 0.6) is 0 Å². The highest BCUT2D eigenvalue weighted by Crippen LogP contribution is 2.07. The van der Waals surface area contributed by atoms with Crippen LogP contribution in [0.15, 0.2) is 18.3 Å². The molecule has 0 spiro atoms. The molecule has 1 aromatic heterocycles. The van der Waals surface area contributed by atoms with Gasteiger partial charge in [-0.3, -0.25) is 14.6 Å². The van der Waals surface area contributed by atoms with Crippen LogP contribution in [0.3, 0.4) is 0 Å². The van der Waals surface area contributed by atoms with Crippen LogP contribution in [0.4, 0.5) is 5.69 Å². The van der Waals surface area contributed by atoms with Crippen molar-refractivity contribution in [2.24, 2.45) is 0 Å². The monoisotopic (exact) mass is 208 g/mol. The molecule has 2 N–H and O–H groups in total. The molecule has 0 unspecified atom stereocenters. The lowest BCUT2D eigenvalue weighted by atomic mass is 10.3. The van der Waals surface area contributed by atoms with Gasteiger partial charge in [0, 0.05) is 24.0 Å². The Morgan fingerprint density at radius 2 is 2.20 bits per heavy atom. The molecule has 5 nitrogen and oxygen atoms in total. The number of anilines is 1. The van der Waals surface area contributed by atoms with Crippen molar-refractivity contribution in [2.75, 3.05) is 5.32 Å². The van der Waals surface area contributed by atoms with Gasteiger partial charge in [-0.15, -0.1) is 0 Å². The second-order valence-corrected chi connectivity index (χ2v) is 3.13. The number of aromatic nitrogens is 1. The summed E-state index contributed by atoms with van der Waals surface area (Å²) < 4.78 is 0. The summed E-state index contributed by atoms with van der Waals surface area (Å²) in [5, 5.41) is 11.0. The Kier molecular flexibility index (Phi) is 3.79. The number of rotatable bonds is 4. The van der Waals surface area contributed by atoms with E-state index < -0.39 is 5.97 Å². The van der Waals surface area contributed by atoms with Gasteiger partial charge in [-0.2, -0.15) is 0 Å². The van der Waals surface area contributed by atoms with E-state index in [1.807, 2.05) is 6.92 Å². The zero-order valence-electron chi connectivity index (χ0n) is 8.36. The van der Waals surface area contributed by atoms with Crippen molar-refractivity contribution in [2.45, 2.75) is 19.8 Å². The maximum Gasteiger partial charge on any atom is 0.303 e. The first-order valence-electron chi connectivity index (χ1n) is 4.52. The number of pyridine rings is 1. The van der Waals surface area contributed by atoms with Crippen molar-refractivity contribution in [1.82, 2.24) is 4.98 Å². The standard InChI is InChI=1S/C10H12N2O3/c1-7-6-8(4-5-11-7)12-9(13)2-3-10(14)15/h4-6H,2-3H2,1H3,(H,14,15)(H,11,12,13). The Morgan fingerprint density at radius 3 is 2.80 bits per heavy atom. The molecule has 0 radical (unpaired) electrons. The molecular weight excluding hydrogens is 196 g/mol. The average molecular weight is 208 g/mol. The summed E-state index contributed by atoms with van der Waals surface area (Å²) in [4.78, 5) is 25.4. The van der Waals surface area contributed by atoms with Crippen molar-refractivity contribution in [3.8, 4) is 0 Å². The topological polar surface area (TPSA) is 79.3 Å². The second kappa shape index (κ2) is 5.09. The molecular formula is C10H12N2O3. The van der Waals surface area contributed by atoms with Gasteiger partial charge >= 0.3 is 5.97 Å². The fourth-order valence-electron chi connectivity index (χ4n) is 1.07. The average Bonchev–Trinajstić information content (AvgIpc) is 2.15. The maximum absolute atomic E-state index is 11.2. The quantitative estimate of drug-likeness (QED) is 0.779. The highest BCUT2D eigenvalue weighted by atomic mass is 16.4. The first-order valence-corrected chi connectivity index (χ1v) is 4.52. The highest BCUT2D eigenvalue weighted by Gasteiger charge is 2.05. The molecule has 0 atom stereocenters. The lowest BCUT2D eigenvalue weighted by Crippen LogP contribution is -2.13. The van der Waals surface area contributed by atoms with Gasteiger partial charge in [0.1, 0.15) is 0 Å². The van der Waals surface area contributed by atoms with E-state index in [9.17, 15) is 9.59 Å². The molecule has 1 heterocycles. The number of hydrogen-bond acceptors (Lipinski definition) is 3. The Balaban J connectivity index is 2.48. The van der Waals surface area contributed by atoms with Crippen molar-refractivity contribution in [3.05, 3.63) is 24.0 Å². The van der Waals surface area contributed by atoms with Crippen molar-refractivity contribution in [1.29, 1.82) is 0 Å². The molecule has 5 heteroatoms. The smallest absolute Gasteiger partial charge is 0.303 e. The minimum Gasteiger partial charge on any atom is -0.481 e. The minimum atomic E-state index is -0.976. The molecule has 1 amide bonds. The van der Waals surface area contributed by atoms with Gasteiger partial charge in [0.05, 0.1) is 6.42 Å². The summed E-state index contributed by atoms with van der Waals surface area (Å²) in [5.41, 5.74) is 1.43. The van der Waals surface area contributed by atoms with Gasteiger partial charge in [-0.1, -0.05) is 0 Å². The molecule has 80 valence electrons. The Bertz CT molecular complexity index is 377. The van der Waals surface area contributed by atoms with Gasteiger partial charge in [0.25, 0.3) is 0 Å². The van der Waals surface area contributed by atoms with Crippen LogP contribution in [0, 0.1) is 6.92 Å². The van der Waals surface area contributed by atoms with Crippen molar-refractivity contribution in [3.63, 3.8) is 0 Å². The molecule has 1 aromatic rings. The fraction of sp³-hybridized carbons (Fsp3) is 0.300. The fourth-order valence-corrected chi connectivity index (χ4v) is 1.07. The largest absolute Gasteiger partial charge is 0.481 e. The number of amides is 1. The molecule has 0 aliphatic carbocycles. The minimum absolute atomic E-state index is 0.0172. The first-order chi connectivity index (χ1) is 7.08. The van der Waals surface area contributed by atoms with Crippen LogP contribution in [-0.2, 0) is 9.59 Å². The number of carbonyl (C=O) groups is 2. The Labute approximate surface area is 87.1 Å². The third-order valence-corrected chi connectivity index (χ3v) is 1.75. The third-order valence-electron chi connectivity index (χ3n) is 1.75. The number of carbonyl (C=O) groups excluding carboxylic acids is 1. The lowest BCUT2D eigenvalue weighted by molar-refractivity contribution is -0.138. The number of hydrogen-bond donors (Lipinski definition) is 2. The van der Waals surface area contributed by atoms with Gasteiger partial charge in [-0.05, 0) is 19.1 Å². The second-order valence-electron chi connectivity index (χ2n) is 3.13. The Morgan fingerprint density at radius 1 is 1.47 bits per heavy atom. The molecule has 1 rings (SSSR count). The number of aliphatic carboxylic acids is 1. The molecule has 0 aromatic carbocycles. The van der Waals surface area contributed by atoms with Crippen LogP contribution in [0.1, 0.15) is 18.5 Å². The zero-order chi connectivity index (χ0) is 11.3. The molecule has 0 fully saturated rings. The van der Waals surface area contributed by atoms with Crippen LogP contribution >= 0.6 is 0 Å². The Hall–Kier alpha value is -1.91. The van der Waals surface area contributed by atoms with Gasteiger partial charge < -0.3 is 10.4 Å². The number of nitrogens with zero attached hydrogens (tertiary/aromatic N) is 1. The maximum atomic E-state index is 11.2. The number of aryl methyl sites for hydroxylation is 1. The molecule has 0 aliphatic heterocycles. The van der Waals surface area contributed by atoms with Gasteiger partial charge in [-0.25, -0.2) is 0 Å². The predicted octanol–water partition coefficient (Wildman–Crippen LogP) is 1.19.